The Morgan fingerprint density at radius 1 is 1.00 bits per heavy atom. The average molecular weight is 249 g/mol. The summed E-state index contributed by atoms with van der Waals surface area (Å²) in [7, 11) is 0. The van der Waals surface area contributed by atoms with Gasteiger partial charge in [-0.15, -0.1) is 0 Å². The molecule has 0 unspecified atom stereocenters. The van der Waals surface area contributed by atoms with Gasteiger partial charge in [0.05, 0.1) is 6.61 Å². The third kappa shape index (κ3) is 3.66. The van der Waals surface area contributed by atoms with Crippen molar-refractivity contribution >= 4 is 5.69 Å². The lowest BCUT2D eigenvalue weighted by atomic mass is 9.94. The van der Waals surface area contributed by atoms with E-state index in [1.54, 1.807) is 0 Å². The standard InChI is InChI=1S/C16H27NO/c1-8-18-14-11-9-10-13(12-14)17(15(2,3)4)16(5,6)7/h9-12H,8H2,1-7H3. The fraction of sp³-hybridized carbons (Fsp3) is 0.625. The van der Waals surface area contributed by atoms with Crippen molar-refractivity contribution in [3.05, 3.63) is 24.3 Å². The molecule has 102 valence electrons. The maximum absolute atomic E-state index is 5.60. The Morgan fingerprint density at radius 3 is 2.00 bits per heavy atom. The van der Waals surface area contributed by atoms with Crippen molar-refractivity contribution in [3.8, 4) is 5.75 Å². The monoisotopic (exact) mass is 249 g/mol. The van der Waals surface area contributed by atoms with Gasteiger partial charge >= 0.3 is 0 Å². The summed E-state index contributed by atoms with van der Waals surface area (Å²) in [6, 6.07) is 8.35. The van der Waals surface area contributed by atoms with Crippen LogP contribution in [0.25, 0.3) is 0 Å². The second-order valence-corrected chi connectivity index (χ2v) is 6.61. The SMILES string of the molecule is CCOc1cccc(N(C(C)(C)C)C(C)(C)C)c1. The van der Waals surface area contributed by atoms with Gasteiger partial charge in [-0.1, -0.05) is 6.07 Å². The van der Waals surface area contributed by atoms with E-state index in [1.807, 2.05) is 13.0 Å². The molecule has 0 aromatic heterocycles. The summed E-state index contributed by atoms with van der Waals surface area (Å²) in [5, 5.41) is 0. The molecule has 1 aromatic rings. The van der Waals surface area contributed by atoms with Gasteiger partial charge in [0.1, 0.15) is 5.75 Å². The minimum Gasteiger partial charge on any atom is -0.494 e. The Morgan fingerprint density at radius 2 is 1.56 bits per heavy atom. The minimum absolute atomic E-state index is 0.0725. The van der Waals surface area contributed by atoms with E-state index in [1.165, 1.54) is 5.69 Å². The minimum atomic E-state index is 0.0725. The summed E-state index contributed by atoms with van der Waals surface area (Å²) < 4.78 is 5.60. The van der Waals surface area contributed by atoms with Crippen molar-refractivity contribution in [1.82, 2.24) is 0 Å². The van der Waals surface area contributed by atoms with Crippen LogP contribution >= 0.6 is 0 Å². The highest BCUT2D eigenvalue weighted by molar-refractivity contribution is 5.54. The van der Waals surface area contributed by atoms with Gasteiger partial charge in [-0.2, -0.15) is 0 Å². The highest BCUT2D eigenvalue weighted by Gasteiger charge is 2.31. The van der Waals surface area contributed by atoms with Crippen LogP contribution < -0.4 is 9.64 Å². The van der Waals surface area contributed by atoms with E-state index < -0.39 is 0 Å². The first-order valence-corrected chi connectivity index (χ1v) is 6.69. The number of hydrogen-bond acceptors (Lipinski definition) is 2. The van der Waals surface area contributed by atoms with E-state index >= 15 is 0 Å². The lowest BCUT2D eigenvalue weighted by molar-refractivity contribution is 0.338. The van der Waals surface area contributed by atoms with E-state index in [-0.39, 0.29) is 11.1 Å². The van der Waals surface area contributed by atoms with Gasteiger partial charge < -0.3 is 9.64 Å². The lowest BCUT2D eigenvalue weighted by Gasteiger charge is -2.47. The van der Waals surface area contributed by atoms with Crippen LogP contribution in [0, 0.1) is 0 Å². The normalized spacial score (nSPS) is 12.4. The molecule has 1 rings (SSSR count). The number of hydrogen-bond donors (Lipinski definition) is 0. The fourth-order valence-electron chi connectivity index (χ4n) is 2.66. The number of ether oxygens (including phenoxy) is 1. The molecule has 0 saturated heterocycles. The van der Waals surface area contributed by atoms with Gasteiger partial charge in [0.2, 0.25) is 0 Å². The van der Waals surface area contributed by atoms with E-state index in [4.69, 9.17) is 4.74 Å². The molecule has 2 heteroatoms. The zero-order valence-electron chi connectivity index (χ0n) is 12.9. The van der Waals surface area contributed by atoms with Crippen LogP contribution in [0.1, 0.15) is 48.5 Å². The molecule has 0 aliphatic carbocycles. The van der Waals surface area contributed by atoms with Crippen LogP contribution in [0.2, 0.25) is 0 Å². The Labute approximate surface area is 112 Å². The highest BCUT2D eigenvalue weighted by atomic mass is 16.5. The third-order valence-corrected chi connectivity index (χ3v) is 2.73. The molecule has 0 bridgehead atoms. The quantitative estimate of drug-likeness (QED) is 0.782. The first-order valence-electron chi connectivity index (χ1n) is 6.69. The van der Waals surface area contributed by atoms with Crippen LogP contribution in [0.5, 0.6) is 5.75 Å². The van der Waals surface area contributed by atoms with Gasteiger partial charge in [-0.3, -0.25) is 0 Å². The number of anilines is 1. The van der Waals surface area contributed by atoms with Crippen molar-refractivity contribution in [1.29, 1.82) is 0 Å². The van der Waals surface area contributed by atoms with E-state index in [9.17, 15) is 0 Å². The zero-order valence-corrected chi connectivity index (χ0v) is 12.9. The maximum Gasteiger partial charge on any atom is 0.121 e. The van der Waals surface area contributed by atoms with Crippen LogP contribution in [0.15, 0.2) is 24.3 Å². The number of benzene rings is 1. The first kappa shape index (κ1) is 14.9. The van der Waals surface area contributed by atoms with Crippen LogP contribution in [-0.2, 0) is 0 Å². The number of nitrogens with zero attached hydrogens (tertiary/aromatic N) is 1. The Hall–Kier alpha value is -1.18. The van der Waals surface area contributed by atoms with Gasteiger partial charge in [0, 0.05) is 22.8 Å². The molecule has 0 fully saturated rings. The van der Waals surface area contributed by atoms with Crippen molar-refractivity contribution in [2.75, 3.05) is 11.5 Å². The molecule has 0 saturated carbocycles. The smallest absolute Gasteiger partial charge is 0.121 e. The Bertz CT molecular complexity index is 371. The molecule has 0 spiro atoms. The van der Waals surface area contributed by atoms with Crippen LogP contribution in [0.3, 0.4) is 0 Å². The molecule has 0 aliphatic heterocycles. The van der Waals surface area contributed by atoms with Crippen molar-refractivity contribution < 1.29 is 4.74 Å². The van der Waals surface area contributed by atoms with Crippen molar-refractivity contribution in [2.45, 2.75) is 59.5 Å². The molecular weight excluding hydrogens is 222 g/mol. The molecule has 0 amide bonds. The maximum atomic E-state index is 5.60. The molecule has 0 N–H and O–H groups in total. The molecular formula is C16H27NO. The summed E-state index contributed by atoms with van der Waals surface area (Å²) >= 11 is 0. The van der Waals surface area contributed by atoms with E-state index in [0.29, 0.717) is 6.61 Å². The predicted octanol–water partition coefficient (Wildman–Crippen LogP) is 4.49. The fourth-order valence-corrected chi connectivity index (χ4v) is 2.66. The summed E-state index contributed by atoms with van der Waals surface area (Å²) in [6.45, 7) is 16.2. The number of rotatable bonds is 3. The van der Waals surface area contributed by atoms with Crippen molar-refractivity contribution in [3.63, 3.8) is 0 Å². The second kappa shape index (κ2) is 5.21. The third-order valence-electron chi connectivity index (χ3n) is 2.73. The molecule has 0 radical (unpaired) electrons. The molecule has 0 heterocycles. The summed E-state index contributed by atoms with van der Waals surface area (Å²) in [6.07, 6.45) is 0. The Kier molecular flexibility index (Phi) is 4.31. The molecule has 0 aliphatic rings. The van der Waals surface area contributed by atoms with Gasteiger partial charge in [-0.25, -0.2) is 0 Å². The Balaban J connectivity index is 3.18. The van der Waals surface area contributed by atoms with E-state index in [0.717, 1.165) is 5.75 Å². The van der Waals surface area contributed by atoms with Crippen LogP contribution in [-0.4, -0.2) is 17.7 Å². The summed E-state index contributed by atoms with van der Waals surface area (Å²) in [5.74, 6) is 0.938. The van der Waals surface area contributed by atoms with Gasteiger partial charge in [0.15, 0.2) is 0 Å². The molecule has 2 nitrogen and oxygen atoms in total. The summed E-state index contributed by atoms with van der Waals surface area (Å²) in [5.41, 5.74) is 1.35. The van der Waals surface area contributed by atoms with E-state index in [2.05, 4.69) is 64.6 Å². The predicted molar refractivity (Wildman–Crippen MR) is 79.6 cm³/mol. The van der Waals surface area contributed by atoms with Crippen molar-refractivity contribution in [2.24, 2.45) is 0 Å². The summed E-state index contributed by atoms with van der Waals surface area (Å²) in [4.78, 5) is 2.43. The largest absolute Gasteiger partial charge is 0.494 e. The molecule has 1 aromatic carbocycles. The first-order chi connectivity index (χ1) is 8.16. The molecule has 18 heavy (non-hydrogen) atoms. The highest BCUT2D eigenvalue weighted by Crippen LogP contribution is 2.33. The lowest BCUT2D eigenvalue weighted by Crippen LogP contribution is -2.53. The molecule has 0 atom stereocenters. The topological polar surface area (TPSA) is 12.5 Å². The second-order valence-electron chi connectivity index (χ2n) is 6.61. The zero-order chi connectivity index (χ0) is 14.0. The van der Waals surface area contributed by atoms with Gasteiger partial charge in [0.25, 0.3) is 0 Å². The van der Waals surface area contributed by atoms with Crippen LogP contribution in [0.4, 0.5) is 5.69 Å². The average Bonchev–Trinajstić information content (AvgIpc) is 2.13. The van der Waals surface area contributed by atoms with Gasteiger partial charge in [-0.05, 0) is 60.6 Å².